The number of hydrogen-bond acceptors (Lipinski definition) is 4. The van der Waals surface area contributed by atoms with Gasteiger partial charge in [-0.3, -0.25) is 14.5 Å². The first kappa shape index (κ1) is 18.5. The molecule has 1 aromatic rings. The van der Waals surface area contributed by atoms with Crippen LogP contribution in [0, 0.1) is 12.8 Å². The van der Waals surface area contributed by atoms with E-state index in [9.17, 15) is 9.59 Å². The first-order valence-electron chi connectivity index (χ1n) is 8.01. The van der Waals surface area contributed by atoms with Gasteiger partial charge in [-0.15, -0.1) is 0 Å². The predicted molar refractivity (Wildman–Crippen MR) is 94.3 cm³/mol. The Kier molecular flexibility index (Phi) is 6.07. The van der Waals surface area contributed by atoms with E-state index in [4.69, 9.17) is 22.1 Å². The fraction of sp³-hybridized carbons (Fsp3) is 0.529. The van der Waals surface area contributed by atoms with E-state index < -0.39 is 0 Å². The second kappa shape index (κ2) is 7.85. The maximum atomic E-state index is 12.6. The van der Waals surface area contributed by atoms with Crippen LogP contribution >= 0.6 is 11.6 Å². The second-order valence-electron chi connectivity index (χ2n) is 6.18. The van der Waals surface area contributed by atoms with Gasteiger partial charge in [-0.25, -0.2) is 0 Å². The number of anilines is 1. The molecule has 0 unspecified atom stereocenters. The zero-order valence-corrected chi connectivity index (χ0v) is 15.0. The van der Waals surface area contributed by atoms with Crippen LogP contribution in [0.5, 0.6) is 5.75 Å². The number of piperidine rings is 1. The number of hydrogen-bond donors (Lipinski definition) is 2. The highest BCUT2D eigenvalue weighted by Gasteiger charge is 2.29. The van der Waals surface area contributed by atoms with E-state index in [1.807, 2.05) is 13.8 Å². The first-order chi connectivity index (χ1) is 11.3. The molecular weight excluding hydrogens is 330 g/mol. The number of nitrogens with zero attached hydrogens (tertiary/aromatic N) is 1. The maximum Gasteiger partial charge on any atom is 0.241 e. The average Bonchev–Trinajstić information content (AvgIpc) is 2.57. The van der Waals surface area contributed by atoms with Gasteiger partial charge in [0.05, 0.1) is 18.8 Å². The Morgan fingerprint density at radius 3 is 2.54 bits per heavy atom. The van der Waals surface area contributed by atoms with E-state index in [1.54, 1.807) is 12.1 Å². The molecule has 1 aliphatic heterocycles. The summed E-state index contributed by atoms with van der Waals surface area (Å²) in [5.74, 6) is 0.0646. The van der Waals surface area contributed by atoms with Crippen LogP contribution in [-0.4, -0.2) is 43.0 Å². The number of methoxy groups -OCH3 is 1. The van der Waals surface area contributed by atoms with Gasteiger partial charge in [-0.2, -0.15) is 0 Å². The number of carbonyl (C=O) groups is 2. The van der Waals surface area contributed by atoms with Crippen LogP contribution in [0.3, 0.4) is 0 Å². The van der Waals surface area contributed by atoms with E-state index in [0.29, 0.717) is 42.4 Å². The van der Waals surface area contributed by atoms with Gasteiger partial charge in [-0.1, -0.05) is 11.6 Å². The lowest BCUT2D eigenvalue weighted by Crippen LogP contribution is -2.47. The number of nitrogens with one attached hydrogen (secondary N) is 1. The lowest BCUT2D eigenvalue weighted by atomic mass is 9.95. The number of benzene rings is 1. The number of halogens is 1. The quantitative estimate of drug-likeness (QED) is 0.849. The predicted octanol–water partition coefficient (Wildman–Crippen LogP) is 2.18. The van der Waals surface area contributed by atoms with Crippen molar-refractivity contribution in [1.29, 1.82) is 0 Å². The molecule has 2 amide bonds. The van der Waals surface area contributed by atoms with Crippen molar-refractivity contribution in [3.63, 3.8) is 0 Å². The van der Waals surface area contributed by atoms with Crippen LogP contribution in [0.25, 0.3) is 0 Å². The Bertz CT molecular complexity index is 628. The van der Waals surface area contributed by atoms with Crippen molar-refractivity contribution in [2.45, 2.75) is 32.7 Å². The molecule has 24 heavy (non-hydrogen) atoms. The zero-order chi connectivity index (χ0) is 17.9. The Labute approximate surface area is 147 Å². The minimum atomic E-state index is -0.306. The summed E-state index contributed by atoms with van der Waals surface area (Å²) in [6.45, 7) is 5.09. The number of rotatable bonds is 5. The van der Waals surface area contributed by atoms with Gasteiger partial charge in [0.1, 0.15) is 5.75 Å². The monoisotopic (exact) mass is 353 g/mol. The summed E-state index contributed by atoms with van der Waals surface area (Å²) in [5.41, 5.74) is 6.81. The molecule has 1 fully saturated rings. The molecule has 7 heteroatoms. The minimum absolute atomic E-state index is 0.0875. The molecule has 3 N–H and O–H groups in total. The second-order valence-corrected chi connectivity index (χ2v) is 6.59. The number of ether oxygens (including phenoxy) is 1. The summed E-state index contributed by atoms with van der Waals surface area (Å²) in [7, 11) is 1.54. The van der Waals surface area contributed by atoms with Crippen molar-refractivity contribution in [3.8, 4) is 5.75 Å². The van der Waals surface area contributed by atoms with Gasteiger partial charge in [-0.05, 0) is 51.4 Å². The third-order valence-electron chi connectivity index (χ3n) is 4.60. The fourth-order valence-corrected chi connectivity index (χ4v) is 3.06. The third kappa shape index (κ3) is 4.19. The molecule has 1 atom stereocenters. The number of nitrogens with two attached hydrogens (primary N) is 1. The normalized spacial score (nSPS) is 17.3. The summed E-state index contributed by atoms with van der Waals surface area (Å²) >= 11 is 6.09. The van der Waals surface area contributed by atoms with E-state index in [2.05, 4.69) is 10.2 Å². The summed E-state index contributed by atoms with van der Waals surface area (Å²) < 4.78 is 5.28. The highest BCUT2D eigenvalue weighted by molar-refractivity contribution is 6.31. The molecule has 1 aromatic carbocycles. The Morgan fingerprint density at radius 1 is 1.38 bits per heavy atom. The number of primary amides is 1. The van der Waals surface area contributed by atoms with Gasteiger partial charge in [0.2, 0.25) is 11.8 Å². The Balaban J connectivity index is 2.02. The molecule has 1 heterocycles. The smallest absolute Gasteiger partial charge is 0.241 e. The van der Waals surface area contributed by atoms with Crippen LogP contribution < -0.4 is 15.8 Å². The maximum absolute atomic E-state index is 12.6. The van der Waals surface area contributed by atoms with Gasteiger partial charge < -0.3 is 15.8 Å². The molecule has 0 radical (unpaired) electrons. The summed E-state index contributed by atoms with van der Waals surface area (Å²) in [6, 6.07) is 3.18. The van der Waals surface area contributed by atoms with Crippen LogP contribution in [0.1, 0.15) is 25.3 Å². The summed E-state index contributed by atoms with van der Waals surface area (Å²) in [5, 5.41) is 3.49. The van der Waals surface area contributed by atoms with E-state index in [1.165, 1.54) is 7.11 Å². The fourth-order valence-electron chi connectivity index (χ4n) is 2.90. The van der Waals surface area contributed by atoms with Crippen LogP contribution in [0.15, 0.2) is 12.1 Å². The van der Waals surface area contributed by atoms with Crippen LogP contribution in [0.4, 0.5) is 5.69 Å². The standard InChI is InChI=1S/C17H24ClN3O3/c1-10-8-14(15(24-3)9-13(10)18)20-17(23)11(2)21-6-4-12(5-7-21)16(19)22/h8-9,11-12H,4-7H2,1-3H3,(H2,19,22)(H,20,23)/t11-/m0/s1. The van der Waals surface area contributed by atoms with E-state index in [0.717, 1.165) is 5.56 Å². The van der Waals surface area contributed by atoms with Gasteiger partial charge >= 0.3 is 0 Å². The molecule has 2 rings (SSSR count). The molecule has 6 nitrogen and oxygen atoms in total. The Hall–Kier alpha value is -1.79. The highest BCUT2D eigenvalue weighted by Crippen LogP contribution is 2.31. The largest absolute Gasteiger partial charge is 0.495 e. The molecule has 132 valence electrons. The Morgan fingerprint density at radius 2 is 2.00 bits per heavy atom. The van der Waals surface area contributed by atoms with Crippen molar-refractivity contribution in [2.24, 2.45) is 11.7 Å². The zero-order valence-electron chi connectivity index (χ0n) is 14.3. The van der Waals surface area contributed by atoms with Crippen molar-refractivity contribution in [3.05, 3.63) is 22.7 Å². The van der Waals surface area contributed by atoms with E-state index in [-0.39, 0.29) is 23.8 Å². The van der Waals surface area contributed by atoms with Crippen molar-refractivity contribution in [2.75, 3.05) is 25.5 Å². The number of likely N-dealkylation sites (tertiary alicyclic amines) is 1. The van der Waals surface area contributed by atoms with Gasteiger partial charge in [0.25, 0.3) is 0 Å². The first-order valence-corrected chi connectivity index (χ1v) is 8.39. The van der Waals surface area contributed by atoms with E-state index >= 15 is 0 Å². The van der Waals surface area contributed by atoms with Gasteiger partial charge in [0.15, 0.2) is 0 Å². The number of carbonyl (C=O) groups excluding carboxylic acids is 2. The minimum Gasteiger partial charge on any atom is -0.495 e. The summed E-state index contributed by atoms with van der Waals surface area (Å²) in [6.07, 6.45) is 1.38. The summed E-state index contributed by atoms with van der Waals surface area (Å²) in [4.78, 5) is 25.9. The lowest BCUT2D eigenvalue weighted by molar-refractivity contribution is -0.124. The van der Waals surface area contributed by atoms with Crippen molar-refractivity contribution >= 4 is 29.1 Å². The molecule has 0 spiro atoms. The lowest BCUT2D eigenvalue weighted by Gasteiger charge is -2.34. The molecule has 0 aliphatic carbocycles. The third-order valence-corrected chi connectivity index (χ3v) is 5.00. The molecule has 1 aliphatic rings. The molecule has 1 saturated heterocycles. The van der Waals surface area contributed by atoms with Crippen molar-refractivity contribution in [1.82, 2.24) is 4.90 Å². The SMILES string of the molecule is COc1cc(Cl)c(C)cc1NC(=O)[C@H](C)N1CCC(C(N)=O)CC1. The van der Waals surface area contributed by atoms with Crippen LogP contribution in [0.2, 0.25) is 5.02 Å². The molecule has 0 bridgehead atoms. The van der Waals surface area contributed by atoms with Crippen LogP contribution in [-0.2, 0) is 9.59 Å². The molecule has 0 aromatic heterocycles. The highest BCUT2D eigenvalue weighted by atomic mass is 35.5. The topological polar surface area (TPSA) is 84.7 Å². The van der Waals surface area contributed by atoms with Crippen molar-refractivity contribution < 1.29 is 14.3 Å². The molecular formula is C17H24ClN3O3. The van der Waals surface area contributed by atoms with Gasteiger partial charge in [0, 0.05) is 17.0 Å². The molecule has 0 saturated carbocycles. The number of aryl methyl sites for hydroxylation is 1. The number of amides is 2. The average molecular weight is 354 g/mol.